The van der Waals surface area contributed by atoms with E-state index in [1.54, 1.807) is 17.6 Å². The van der Waals surface area contributed by atoms with Gasteiger partial charge in [-0.05, 0) is 26.8 Å². The predicted molar refractivity (Wildman–Crippen MR) is 50.2 cm³/mol. The molecule has 4 heteroatoms. The molecule has 0 aromatic rings. The van der Waals surface area contributed by atoms with Crippen LogP contribution in [0, 0.1) is 0 Å². The molecule has 2 aliphatic rings. The third-order valence-electron chi connectivity index (χ3n) is 1.84. The first-order chi connectivity index (χ1) is 6.07. The van der Waals surface area contributed by atoms with Crippen LogP contribution in [-0.4, -0.2) is 22.0 Å². The standard InChI is InChI=1S/C9H13N3O/c1-9(2,3)12-6-8-4-5-10-7-11(8)13-12/h4-7H,1-3H3. The molecular weight excluding hydrogens is 166 g/mol. The zero-order valence-corrected chi connectivity index (χ0v) is 8.06. The molecule has 0 radical (unpaired) electrons. The summed E-state index contributed by atoms with van der Waals surface area (Å²) in [5.41, 5.74) is 0.969. The van der Waals surface area contributed by atoms with Gasteiger partial charge in [0.05, 0.1) is 17.4 Å². The van der Waals surface area contributed by atoms with E-state index in [2.05, 4.69) is 25.8 Å². The first-order valence-corrected chi connectivity index (χ1v) is 4.26. The molecule has 0 saturated heterocycles. The molecule has 0 aliphatic carbocycles. The second-order valence-corrected chi connectivity index (χ2v) is 4.04. The Bertz CT molecular complexity index is 298. The Labute approximate surface area is 77.7 Å². The summed E-state index contributed by atoms with van der Waals surface area (Å²) in [6, 6.07) is 0. The minimum absolute atomic E-state index is 0.0357. The van der Waals surface area contributed by atoms with Crippen molar-refractivity contribution >= 4 is 6.34 Å². The van der Waals surface area contributed by atoms with Gasteiger partial charge in [0.2, 0.25) is 0 Å². The summed E-state index contributed by atoms with van der Waals surface area (Å²) in [7, 11) is 0. The molecule has 2 rings (SSSR count). The van der Waals surface area contributed by atoms with Crippen molar-refractivity contribution in [1.29, 1.82) is 0 Å². The van der Waals surface area contributed by atoms with Gasteiger partial charge in [-0.1, -0.05) is 0 Å². The maximum absolute atomic E-state index is 5.50. The lowest BCUT2D eigenvalue weighted by Crippen LogP contribution is -2.37. The Morgan fingerprint density at radius 2 is 2.15 bits per heavy atom. The lowest BCUT2D eigenvalue weighted by atomic mass is 10.1. The Kier molecular flexibility index (Phi) is 1.66. The highest BCUT2D eigenvalue weighted by atomic mass is 16.8. The molecule has 0 aromatic carbocycles. The molecular formula is C9H13N3O. The number of hydrogen-bond donors (Lipinski definition) is 0. The van der Waals surface area contributed by atoms with Crippen LogP contribution in [0.2, 0.25) is 0 Å². The zero-order valence-electron chi connectivity index (χ0n) is 8.06. The summed E-state index contributed by atoms with van der Waals surface area (Å²) in [5.74, 6) is 0. The van der Waals surface area contributed by atoms with Crippen LogP contribution in [0.25, 0.3) is 0 Å². The van der Waals surface area contributed by atoms with Crippen molar-refractivity contribution in [2.24, 2.45) is 4.99 Å². The van der Waals surface area contributed by atoms with Crippen LogP contribution in [0.5, 0.6) is 0 Å². The molecule has 2 aliphatic heterocycles. The van der Waals surface area contributed by atoms with Gasteiger partial charge in [-0.3, -0.25) is 0 Å². The fourth-order valence-corrected chi connectivity index (χ4v) is 1.08. The number of aliphatic imine (C=N–C) groups is 1. The number of nitrogens with zero attached hydrogens (tertiary/aromatic N) is 3. The quantitative estimate of drug-likeness (QED) is 0.566. The molecule has 0 aromatic heterocycles. The summed E-state index contributed by atoms with van der Waals surface area (Å²) >= 11 is 0. The van der Waals surface area contributed by atoms with Gasteiger partial charge in [-0.15, -0.1) is 4.94 Å². The second kappa shape index (κ2) is 2.60. The maximum atomic E-state index is 5.50. The van der Waals surface area contributed by atoms with E-state index in [-0.39, 0.29) is 5.54 Å². The van der Waals surface area contributed by atoms with Crippen LogP contribution >= 0.6 is 0 Å². The molecule has 0 unspecified atom stereocenters. The van der Waals surface area contributed by atoms with E-state index in [9.17, 15) is 0 Å². The molecule has 13 heavy (non-hydrogen) atoms. The van der Waals surface area contributed by atoms with E-state index >= 15 is 0 Å². The highest BCUT2D eigenvalue weighted by molar-refractivity contribution is 5.61. The average molecular weight is 179 g/mol. The number of allylic oxidation sites excluding steroid dienone is 1. The van der Waals surface area contributed by atoms with Crippen LogP contribution in [0.1, 0.15) is 20.8 Å². The van der Waals surface area contributed by atoms with Gasteiger partial charge in [-0.25, -0.2) is 10.1 Å². The Morgan fingerprint density at radius 3 is 2.77 bits per heavy atom. The monoisotopic (exact) mass is 179 g/mol. The molecule has 0 bridgehead atoms. The first kappa shape index (κ1) is 8.31. The lowest BCUT2D eigenvalue weighted by molar-refractivity contribution is -0.258. The van der Waals surface area contributed by atoms with Crippen LogP contribution < -0.4 is 0 Å². The van der Waals surface area contributed by atoms with Gasteiger partial charge >= 0.3 is 0 Å². The van der Waals surface area contributed by atoms with Gasteiger partial charge in [-0.2, -0.15) is 5.06 Å². The van der Waals surface area contributed by atoms with E-state index in [0.717, 1.165) is 5.70 Å². The smallest absolute Gasteiger partial charge is 0.124 e. The van der Waals surface area contributed by atoms with Crippen molar-refractivity contribution in [3.8, 4) is 0 Å². The van der Waals surface area contributed by atoms with Gasteiger partial charge in [0.1, 0.15) is 6.34 Å². The molecule has 0 amide bonds. The third-order valence-corrected chi connectivity index (χ3v) is 1.84. The van der Waals surface area contributed by atoms with Crippen LogP contribution in [-0.2, 0) is 4.94 Å². The van der Waals surface area contributed by atoms with Crippen LogP contribution in [0.3, 0.4) is 0 Å². The summed E-state index contributed by atoms with van der Waals surface area (Å²) in [6.45, 7) is 6.26. The molecule has 2 heterocycles. The molecule has 0 fully saturated rings. The Morgan fingerprint density at radius 1 is 1.38 bits per heavy atom. The molecule has 0 atom stereocenters. The second-order valence-electron chi connectivity index (χ2n) is 4.04. The van der Waals surface area contributed by atoms with Crippen molar-refractivity contribution in [2.45, 2.75) is 26.3 Å². The molecule has 70 valence electrons. The topological polar surface area (TPSA) is 28.1 Å². The fourth-order valence-electron chi connectivity index (χ4n) is 1.08. The normalized spacial score (nSPS) is 20.7. The lowest BCUT2D eigenvalue weighted by Gasteiger charge is -2.29. The highest BCUT2D eigenvalue weighted by Gasteiger charge is 2.29. The largest absolute Gasteiger partial charge is 0.244 e. The predicted octanol–water partition coefficient (Wildman–Crippen LogP) is 1.65. The minimum Gasteiger partial charge on any atom is -0.244 e. The number of hydroxylamine groups is 4. The molecule has 0 N–H and O–H groups in total. The first-order valence-electron chi connectivity index (χ1n) is 4.26. The summed E-state index contributed by atoms with van der Waals surface area (Å²) < 4.78 is 0. The van der Waals surface area contributed by atoms with Crippen molar-refractivity contribution in [3.05, 3.63) is 24.2 Å². The Balaban J connectivity index is 2.21. The van der Waals surface area contributed by atoms with Crippen LogP contribution in [0.4, 0.5) is 0 Å². The molecule has 4 nitrogen and oxygen atoms in total. The van der Waals surface area contributed by atoms with E-state index in [0.29, 0.717) is 0 Å². The van der Waals surface area contributed by atoms with Crippen molar-refractivity contribution < 1.29 is 4.94 Å². The number of rotatable bonds is 0. The van der Waals surface area contributed by atoms with Gasteiger partial charge in [0, 0.05) is 6.20 Å². The zero-order chi connectivity index (χ0) is 9.47. The SMILES string of the molecule is CC(C)(C)N1C=C2C=CN=CN2O1. The summed E-state index contributed by atoms with van der Waals surface area (Å²) in [6.07, 6.45) is 7.27. The van der Waals surface area contributed by atoms with Crippen LogP contribution in [0.15, 0.2) is 29.2 Å². The Hall–Kier alpha value is -1.29. The van der Waals surface area contributed by atoms with Gasteiger partial charge < -0.3 is 0 Å². The fraction of sp³-hybridized carbons (Fsp3) is 0.444. The van der Waals surface area contributed by atoms with E-state index in [1.165, 1.54) is 0 Å². The summed E-state index contributed by atoms with van der Waals surface area (Å²) in [4.78, 5) is 9.47. The maximum Gasteiger partial charge on any atom is 0.124 e. The highest BCUT2D eigenvalue weighted by Crippen LogP contribution is 2.25. The molecule has 0 saturated carbocycles. The van der Waals surface area contributed by atoms with E-state index in [1.807, 2.05) is 17.3 Å². The van der Waals surface area contributed by atoms with Crippen molar-refractivity contribution in [2.75, 3.05) is 0 Å². The van der Waals surface area contributed by atoms with Crippen molar-refractivity contribution in [1.82, 2.24) is 10.1 Å². The van der Waals surface area contributed by atoms with E-state index < -0.39 is 0 Å². The van der Waals surface area contributed by atoms with Gasteiger partial charge in [0.15, 0.2) is 0 Å². The third kappa shape index (κ3) is 1.45. The van der Waals surface area contributed by atoms with Crippen molar-refractivity contribution in [3.63, 3.8) is 0 Å². The van der Waals surface area contributed by atoms with E-state index in [4.69, 9.17) is 4.94 Å². The number of fused-ring (bicyclic) bond motifs is 1. The minimum atomic E-state index is -0.0357. The van der Waals surface area contributed by atoms with Gasteiger partial charge in [0.25, 0.3) is 0 Å². The summed E-state index contributed by atoms with van der Waals surface area (Å²) in [5, 5.41) is 3.45. The molecule has 0 spiro atoms. The number of hydrogen-bond acceptors (Lipinski definition) is 4. The average Bonchev–Trinajstić information content (AvgIpc) is 2.45.